The third-order valence-corrected chi connectivity index (χ3v) is 12.4. The van der Waals surface area contributed by atoms with Gasteiger partial charge < -0.3 is 68.2 Å². The average Bonchev–Trinajstić information content (AvgIpc) is 4.14. The van der Waals surface area contributed by atoms with Crippen molar-refractivity contribution in [1.82, 2.24) is 51.7 Å². The molecule has 2 aromatic heterocycles. The topological polar surface area (TPSA) is 350 Å². The number of carboxylic acids is 1. The number of carbonyl (C=O) groups excluding carboxylic acids is 6. The number of aromatic nitrogens is 2. The first-order chi connectivity index (χ1) is 32.6. The number of hydrogen-bond acceptors (Lipinski definition) is 9. The van der Waals surface area contributed by atoms with Gasteiger partial charge in [0.05, 0.1) is 0 Å². The molecule has 4 heterocycles. The Morgan fingerprint density at radius 3 is 1.56 bits per heavy atom. The molecule has 0 radical (unpaired) electrons. The fourth-order valence-electron chi connectivity index (χ4n) is 9.09. The summed E-state index contributed by atoms with van der Waals surface area (Å²) in [6.45, 7) is 2.10. The highest BCUT2D eigenvalue weighted by Gasteiger charge is 2.42. The molecule has 0 spiro atoms. The number of amides is 6. The lowest BCUT2D eigenvalue weighted by Crippen LogP contribution is -2.59. The third kappa shape index (κ3) is 12.8. The van der Waals surface area contributed by atoms with Crippen LogP contribution < -0.4 is 43.4 Å². The van der Waals surface area contributed by atoms with E-state index < -0.39 is 77.7 Å². The number of H-pyrrole nitrogens is 2. The van der Waals surface area contributed by atoms with E-state index in [0.717, 1.165) is 27.4 Å². The molecule has 22 heteroatoms. The van der Waals surface area contributed by atoms with Crippen LogP contribution in [0.2, 0.25) is 0 Å². The summed E-state index contributed by atoms with van der Waals surface area (Å²) >= 11 is 0. The molecule has 0 aliphatic carbocycles. The fraction of sp³-hybridized carbons (Fsp3) is 0.457. The molecule has 68 heavy (non-hydrogen) atoms. The van der Waals surface area contributed by atoms with Crippen LogP contribution in [0, 0.1) is 10.8 Å². The second-order valence-corrected chi connectivity index (χ2v) is 17.2. The van der Waals surface area contributed by atoms with Crippen LogP contribution >= 0.6 is 0 Å². The van der Waals surface area contributed by atoms with Gasteiger partial charge >= 0.3 is 5.97 Å². The summed E-state index contributed by atoms with van der Waals surface area (Å²) in [6, 6.07) is 8.19. The predicted octanol–water partition coefficient (Wildman–Crippen LogP) is -0.0134. The van der Waals surface area contributed by atoms with Crippen LogP contribution in [0.25, 0.3) is 21.8 Å². The van der Waals surface area contributed by atoms with Crippen molar-refractivity contribution in [3.63, 3.8) is 0 Å². The molecule has 2 fully saturated rings. The normalized spacial score (nSPS) is 17.4. The third-order valence-electron chi connectivity index (χ3n) is 12.4. The van der Waals surface area contributed by atoms with Gasteiger partial charge in [0, 0.05) is 80.1 Å². The summed E-state index contributed by atoms with van der Waals surface area (Å²) in [5, 5.41) is 42.9. The summed E-state index contributed by atoms with van der Waals surface area (Å²) in [6.07, 6.45) is 5.71. The molecular weight excluding hydrogens is 877 g/mol. The molecule has 6 rings (SSSR count). The van der Waals surface area contributed by atoms with E-state index in [1.807, 2.05) is 48.5 Å². The number of nitrogens with one attached hydrogen (secondary N) is 10. The van der Waals surface area contributed by atoms with Gasteiger partial charge in [-0.1, -0.05) is 36.4 Å². The summed E-state index contributed by atoms with van der Waals surface area (Å²) in [5.74, 6) is -5.27. The molecule has 22 nitrogen and oxygen atoms in total. The molecule has 4 aromatic rings. The first kappa shape index (κ1) is 49.8. The van der Waals surface area contributed by atoms with Crippen molar-refractivity contribution >= 4 is 75.1 Å². The SMILES string of the molecule is CC(=O)N[C@@H](Cc1c[nH]c2ccccc12)C(=O)N1CCC[C@@H]1C(=O)N[C@@H](CCCNC(=N)N)C(=O)N[C@@H](Cc1c[nH]c2ccccc12)C(=O)N1CCCC1C(=O)N[C@@H](CCCNC(=N)N)C(=O)O. The predicted molar refractivity (Wildman–Crippen MR) is 253 cm³/mol. The van der Waals surface area contributed by atoms with E-state index in [4.69, 9.17) is 22.3 Å². The molecule has 0 bridgehead atoms. The summed E-state index contributed by atoms with van der Waals surface area (Å²) in [7, 11) is 0. The number of benzene rings is 2. The molecule has 2 aromatic carbocycles. The number of nitrogens with two attached hydrogens (primary N) is 2. The van der Waals surface area contributed by atoms with Crippen LogP contribution in [0.3, 0.4) is 0 Å². The Bertz CT molecular complexity index is 2500. The molecule has 2 aliphatic heterocycles. The number of rotatable bonds is 22. The van der Waals surface area contributed by atoms with E-state index in [1.54, 1.807) is 12.4 Å². The van der Waals surface area contributed by atoms with Gasteiger partial charge in [0.25, 0.3) is 0 Å². The number of nitrogens with zero attached hydrogens (tertiary/aromatic N) is 2. The van der Waals surface area contributed by atoms with Gasteiger partial charge in [0.1, 0.15) is 36.3 Å². The number of para-hydroxylation sites is 2. The number of carbonyl (C=O) groups is 7. The quantitative estimate of drug-likeness (QED) is 0.0281. The highest BCUT2D eigenvalue weighted by Crippen LogP contribution is 2.25. The Hall–Kier alpha value is -7.65. The van der Waals surface area contributed by atoms with Crippen molar-refractivity contribution in [2.75, 3.05) is 26.2 Å². The minimum atomic E-state index is -1.28. The van der Waals surface area contributed by atoms with Crippen LogP contribution in [0.5, 0.6) is 0 Å². The fourth-order valence-corrected chi connectivity index (χ4v) is 9.09. The van der Waals surface area contributed by atoms with Crippen molar-refractivity contribution in [3.8, 4) is 0 Å². The van der Waals surface area contributed by atoms with Gasteiger partial charge in [-0.3, -0.25) is 39.6 Å². The number of aliphatic carboxylic acids is 1. The van der Waals surface area contributed by atoms with E-state index in [9.17, 15) is 38.7 Å². The standard InChI is InChI=1S/C46H62N14O8/c1-26(61)55-35(22-27-24-53-31-12-4-2-10-29(27)31)42(65)59-20-8-16-37(59)40(63)56-33(14-6-18-51-45(47)48)39(62)58-36(23-28-25-54-32-13-5-3-11-30(28)32)43(66)60-21-9-17-38(60)41(64)57-34(44(67)68)15-7-19-52-46(49)50/h2-5,10-13,24-25,33-38,53-54H,6-9,14-23H2,1H3,(H,55,61)(H,56,63)(H,57,64)(H,58,62)(H,67,68)(H4,47,48,51)(H4,49,50,52)/t33-,34-,35-,36-,37+,38?/m0/s1. The van der Waals surface area contributed by atoms with Gasteiger partial charge in [-0.25, -0.2) is 4.79 Å². The van der Waals surface area contributed by atoms with E-state index in [-0.39, 0.29) is 89.5 Å². The number of hydrogen-bond donors (Lipinski definition) is 13. The summed E-state index contributed by atoms with van der Waals surface area (Å²) in [4.78, 5) is 105. The lowest BCUT2D eigenvalue weighted by molar-refractivity contribution is -0.145. The lowest BCUT2D eigenvalue weighted by Gasteiger charge is -2.31. The highest BCUT2D eigenvalue weighted by atomic mass is 16.4. The number of guanidine groups is 2. The van der Waals surface area contributed by atoms with E-state index in [0.29, 0.717) is 18.4 Å². The zero-order valence-corrected chi connectivity index (χ0v) is 38.0. The number of likely N-dealkylation sites (tertiary alicyclic amines) is 2. The molecule has 2 aliphatic rings. The van der Waals surface area contributed by atoms with E-state index >= 15 is 0 Å². The van der Waals surface area contributed by atoms with Crippen molar-refractivity contribution in [3.05, 3.63) is 72.1 Å². The maximum Gasteiger partial charge on any atom is 0.326 e. The van der Waals surface area contributed by atoms with Crippen molar-refractivity contribution in [1.29, 1.82) is 10.8 Å². The largest absolute Gasteiger partial charge is 0.480 e. The first-order valence-corrected chi connectivity index (χ1v) is 22.9. The Morgan fingerprint density at radius 2 is 1.10 bits per heavy atom. The van der Waals surface area contributed by atoms with Gasteiger partial charge in [-0.05, 0) is 74.6 Å². The van der Waals surface area contributed by atoms with Crippen LogP contribution in [0.1, 0.15) is 69.4 Å². The average molecular weight is 939 g/mol. The Balaban J connectivity index is 1.22. The van der Waals surface area contributed by atoms with Gasteiger partial charge in [-0.15, -0.1) is 0 Å². The number of carboxylic acid groups (broad SMARTS) is 1. The van der Waals surface area contributed by atoms with Crippen LogP contribution in [-0.4, -0.2) is 141 Å². The van der Waals surface area contributed by atoms with E-state index in [1.165, 1.54) is 16.7 Å². The van der Waals surface area contributed by atoms with Gasteiger partial charge in [-0.2, -0.15) is 0 Å². The molecule has 6 amide bonds. The van der Waals surface area contributed by atoms with Gasteiger partial charge in [0.15, 0.2) is 11.9 Å². The molecule has 0 saturated carbocycles. The van der Waals surface area contributed by atoms with Crippen LogP contribution in [0.4, 0.5) is 0 Å². The summed E-state index contributed by atoms with van der Waals surface area (Å²) < 4.78 is 0. The highest BCUT2D eigenvalue weighted by molar-refractivity contribution is 5.98. The molecule has 2 saturated heterocycles. The van der Waals surface area contributed by atoms with Crippen molar-refractivity contribution < 1.29 is 38.7 Å². The number of fused-ring (bicyclic) bond motifs is 2. The molecule has 1 unspecified atom stereocenters. The monoisotopic (exact) mass is 938 g/mol. The minimum absolute atomic E-state index is 0.0151. The zero-order valence-electron chi connectivity index (χ0n) is 38.0. The first-order valence-electron chi connectivity index (χ1n) is 22.9. The second kappa shape index (κ2) is 23.2. The Morgan fingerprint density at radius 1 is 0.662 bits per heavy atom. The van der Waals surface area contributed by atoms with E-state index in [2.05, 4.69) is 41.9 Å². The zero-order chi connectivity index (χ0) is 48.9. The smallest absolute Gasteiger partial charge is 0.326 e. The molecule has 364 valence electrons. The summed E-state index contributed by atoms with van der Waals surface area (Å²) in [5.41, 5.74) is 14.0. The lowest BCUT2D eigenvalue weighted by atomic mass is 10.0. The maximum atomic E-state index is 14.7. The minimum Gasteiger partial charge on any atom is -0.480 e. The van der Waals surface area contributed by atoms with Gasteiger partial charge in [0.2, 0.25) is 35.4 Å². The molecule has 15 N–H and O–H groups in total. The molecule has 6 atom stereocenters. The van der Waals surface area contributed by atoms with Crippen molar-refractivity contribution in [2.45, 2.75) is 107 Å². The Labute approximate surface area is 392 Å². The van der Waals surface area contributed by atoms with Crippen LogP contribution in [0.15, 0.2) is 60.9 Å². The van der Waals surface area contributed by atoms with Crippen LogP contribution in [-0.2, 0) is 46.4 Å². The maximum absolute atomic E-state index is 14.7. The Kier molecular flexibility index (Phi) is 17.0. The second-order valence-electron chi connectivity index (χ2n) is 17.2. The molecular formula is C46H62N14O8. The number of aromatic amines is 2. The van der Waals surface area contributed by atoms with Crippen molar-refractivity contribution in [2.24, 2.45) is 11.5 Å².